The van der Waals surface area contributed by atoms with Gasteiger partial charge in [0, 0.05) is 18.7 Å². The van der Waals surface area contributed by atoms with E-state index in [1.165, 1.54) is 0 Å². The van der Waals surface area contributed by atoms with Crippen molar-refractivity contribution in [2.24, 2.45) is 0 Å². The van der Waals surface area contributed by atoms with E-state index in [0.717, 1.165) is 5.56 Å². The molecule has 1 aromatic rings. The summed E-state index contributed by atoms with van der Waals surface area (Å²) in [5, 5.41) is 21.3. The average Bonchev–Trinajstić information content (AvgIpc) is 2.73. The Morgan fingerprint density at radius 3 is 2.67 bits per heavy atom. The fourth-order valence-electron chi connectivity index (χ4n) is 2.50. The predicted octanol–water partition coefficient (Wildman–Crippen LogP) is 1.55. The summed E-state index contributed by atoms with van der Waals surface area (Å²) in [6, 6.07) is 1.73. The normalized spacial score (nSPS) is 18.2. The molecule has 1 unspecified atom stereocenters. The number of rotatable bonds is 3. The van der Waals surface area contributed by atoms with Crippen molar-refractivity contribution in [3.8, 4) is 6.07 Å². The number of nitrogens with zero attached hydrogens (tertiary/aromatic N) is 2. The third kappa shape index (κ3) is 3.26. The fraction of sp³-hybridized carbons (Fsp3) is 0.600. The molecule has 114 valence electrons. The summed E-state index contributed by atoms with van der Waals surface area (Å²) in [7, 11) is 0. The van der Waals surface area contributed by atoms with Gasteiger partial charge >= 0.3 is 0 Å². The summed E-state index contributed by atoms with van der Waals surface area (Å²) in [5.41, 5.74) is 1.13. The van der Waals surface area contributed by atoms with Gasteiger partial charge in [0.1, 0.15) is 17.4 Å². The van der Waals surface area contributed by atoms with Crippen LogP contribution in [-0.2, 0) is 4.79 Å². The zero-order valence-corrected chi connectivity index (χ0v) is 12.6. The molecule has 0 bridgehead atoms. The molecule has 1 atom stereocenters. The van der Waals surface area contributed by atoms with Crippen molar-refractivity contribution < 1.29 is 14.3 Å². The van der Waals surface area contributed by atoms with Crippen LogP contribution in [-0.4, -0.2) is 41.1 Å². The SMILES string of the molecule is Cc1oc(NC(=O)C(C)N2CCC(O)CC2)c(C#N)c1C. The molecule has 1 aromatic heterocycles. The summed E-state index contributed by atoms with van der Waals surface area (Å²) < 4.78 is 5.45. The lowest BCUT2D eigenvalue weighted by molar-refractivity contribution is -0.121. The maximum absolute atomic E-state index is 12.3. The highest BCUT2D eigenvalue weighted by molar-refractivity contribution is 5.94. The number of carbonyl (C=O) groups is 1. The van der Waals surface area contributed by atoms with Crippen molar-refractivity contribution in [1.82, 2.24) is 4.90 Å². The molecule has 2 rings (SSSR count). The third-order valence-corrected chi connectivity index (χ3v) is 4.16. The molecule has 1 aliphatic heterocycles. The molecule has 1 fully saturated rings. The van der Waals surface area contributed by atoms with E-state index in [1.807, 2.05) is 11.8 Å². The van der Waals surface area contributed by atoms with Gasteiger partial charge in [-0.15, -0.1) is 0 Å². The number of hydrogen-bond donors (Lipinski definition) is 2. The lowest BCUT2D eigenvalue weighted by atomic mass is 10.1. The molecule has 1 saturated heterocycles. The zero-order valence-electron chi connectivity index (χ0n) is 12.6. The van der Waals surface area contributed by atoms with Crippen LogP contribution in [0.1, 0.15) is 36.7 Å². The molecular formula is C15H21N3O3. The van der Waals surface area contributed by atoms with Gasteiger partial charge in [0.15, 0.2) is 0 Å². The maximum Gasteiger partial charge on any atom is 0.243 e. The highest BCUT2D eigenvalue weighted by Gasteiger charge is 2.27. The van der Waals surface area contributed by atoms with Gasteiger partial charge in [0.25, 0.3) is 0 Å². The molecule has 0 aliphatic carbocycles. The van der Waals surface area contributed by atoms with E-state index in [4.69, 9.17) is 9.68 Å². The molecule has 0 radical (unpaired) electrons. The van der Waals surface area contributed by atoms with Crippen LogP contribution in [0, 0.1) is 25.2 Å². The van der Waals surface area contributed by atoms with Crippen molar-refractivity contribution in [1.29, 1.82) is 5.26 Å². The zero-order chi connectivity index (χ0) is 15.6. The summed E-state index contributed by atoms with van der Waals surface area (Å²) >= 11 is 0. The van der Waals surface area contributed by atoms with Gasteiger partial charge in [-0.1, -0.05) is 0 Å². The number of aryl methyl sites for hydroxylation is 1. The fourth-order valence-corrected chi connectivity index (χ4v) is 2.50. The number of furan rings is 1. The molecule has 0 saturated carbocycles. The molecule has 1 amide bonds. The average molecular weight is 291 g/mol. The summed E-state index contributed by atoms with van der Waals surface area (Å²) in [6.07, 6.45) is 1.09. The number of anilines is 1. The third-order valence-electron chi connectivity index (χ3n) is 4.16. The van der Waals surface area contributed by atoms with Crippen molar-refractivity contribution in [2.45, 2.75) is 45.8 Å². The van der Waals surface area contributed by atoms with E-state index in [1.54, 1.807) is 13.8 Å². The molecule has 6 heteroatoms. The van der Waals surface area contributed by atoms with Gasteiger partial charge in [0.05, 0.1) is 12.1 Å². The molecule has 2 heterocycles. The van der Waals surface area contributed by atoms with Crippen molar-refractivity contribution in [3.05, 3.63) is 16.9 Å². The number of carbonyl (C=O) groups excluding carboxylic acids is 1. The van der Waals surface area contributed by atoms with E-state index in [9.17, 15) is 9.90 Å². The molecular weight excluding hydrogens is 270 g/mol. The number of nitrogens with one attached hydrogen (secondary N) is 1. The number of aliphatic hydroxyl groups is 1. The highest BCUT2D eigenvalue weighted by Crippen LogP contribution is 2.25. The first-order valence-corrected chi connectivity index (χ1v) is 7.17. The quantitative estimate of drug-likeness (QED) is 0.882. The molecule has 21 heavy (non-hydrogen) atoms. The van der Waals surface area contributed by atoms with Gasteiger partial charge in [-0.2, -0.15) is 5.26 Å². The Morgan fingerprint density at radius 2 is 2.10 bits per heavy atom. The smallest absolute Gasteiger partial charge is 0.243 e. The number of aliphatic hydroxyl groups excluding tert-OH is 1. The molecule has 0 spiro atoms. The standard InChI is InChI=1S/C15H21N3O3/c1-9-11(3)21-15(13(9)8-16)17-14(20)10(2)18-6-4-12(19)5-7-18/h10,12,19H,4-7H2,1-3H3,(H,17,20). The predicted molar refractivity (Wildman–Crippen MR) is 77.8 cm³/mol. The summed E-state index contributed by atoms with van der Waals surface area (Å²) in [4.78, 5) is 14.3. The molecule has 0 aromatic carbocycles. The Morgan fingerprint density at radius 1 is 1.48 bits per heavy atom. The van der Waals surface area contributed by atoms with Crippen LogP contribution in [0.25, 0.3) is 0 Å². The van der Waals surface area contributed by atoms with Crippen LogP contribution in [0.3, 0.4) is 0 Å². The van der Waals surface area contributed by atoms with Gasteiger partial charge in [-0.3, -0.25) is 15.0 Å². The van der Waals surface area contributed by atoms with Gasteiger partial charge < -0.3 is 9.52 Å². The second kappa shape index (κ2) is 6.29. The van der Waals surface area contributed by atoms with Crippen molar-refractivity contribution >= 4 is 11.8 Å². The topological polar surface area (TPSA) is 89.5 Å². The van der Waals surface area contributed by atoms with Crippen LogP contribution < -0.4 is 5.32 Å². The van der Waals surface area contributed by atoms with Gasteiger partial charge in [-0.05, 0) is 33.6 Å². The van der Waals surface area contributed by atoms with Crippen LogP contribution >= 0.6 is 0 Å². The van der Waals surface area contributed by atoms with Crippen molar-refractivity contribution in [3.63, 3.8) is 0 Å². The van der Waals surface area contributed by atoms with E-state index in [-0.39, 0.29) is 23.9 Å². The number of likely N-dealkylation sites (tertiary alicyclic amines) is 1. The van der Waals surface area contributed by atoms with E-state index in [0.29, 0.717) is 37.3 Å². The number of piperidine rings is 1. The highest BCUT2D eigenvalue weighted by atomic mass is 16.4. The van der Waals surface area contributed by atoms with E-state index in [2.05, 4.69) is 11.4 Å². The van der Waals surface area contributed by atoms with E-state index < -0.39 is 0 Å². The minimum absolute atomic E-state index is 0.198. The van der Waals surface area contributed by atoms with Crippen molar-refractivity contribution in [2.75, 3.05) is 18.4 Å². The second-order valence-electron chi connectivity index (χ2n) is 5.53. The minimum atomic E-state index is -0.324. The molecule has 6 nitrogen and oxygen atoms in total. The molecule has 1 aliphatic rings. The van der Waals surface area contributed by atoms with E-state index >= 15 is 0 Å². The summed E-state index contributed by atoms with van der Waals surface area (Å²) in [5.74, 6) is 0.661. The Bertz CT molecular complexity index is 565. The lowest BCUT2D eigenvalue weighted by Gasteiger charge is -2.33. The maximum atomic E-state index is 12.3. The Labute approximate surface area is 124 Å². The Balaban J connectivity index is 2.04. The van der Waals surface area contributed by atoms with Gasteiger partial charge in [-0.25, -0.2) is 0 Å². The lowest BCUT2D eigenvalue weighted by Crippen LogP contribution is -2.47. The Hall–Kier alpha value is -1.84. The van der Waals surface area contributed by atoms with Gasteiger partial charge in [0.2, 0.25) is 11.8 Å². The first-order chi connectivity index (χ1) is 9.93. The van der Waals surface area contributed by atoms with Crippen LogP contribution in [0.2, 0.25) is 0 Å². The minimum Gasteiger partial charge on any atom is -0.444 e. The van der Waals surface area contributed by atoms with Crippen LogP contribution in [0.15, 0.2) is 4.42 Å². The van der Waals surface area contributed by atoms with Crippen LogP contribution in [0.4, 0.5) is 5.88 Å². The largest absolute Gasteiger partial charge is 0.444 e. The summed E-state index contributed by atoms with van der Waals surface area (Å²) in [6.45, 7) is 6.76. The number of nitriles is 1. The number of hydrogen-bond acceptors (Lipinski definition) is 5. The van der Waals surface area contributed by atoms with Crippen LogP contribution in [0.5, 0.6) is 0 Å². The second-order valence-corrected chi connectivity index (χ2v) is 5.53. The first-order valence-electron chi connectivity index (χ1n) is 7.17. The number of amides is 1. The molecule has 2 N–H and O–H groups in total. The first kappa shape index (κ1) is 15.5. The monoisotopic (exact) mass is 291 g/mol. The Kier molecular flexibility index (Phi) is 4.66.